The van der Waals surface area contributed by atoms with Crippen LogP contribution in [0.2, 0.25) is 0 Å². The molecule has 0 atom stereocenters. The Kier molecular flexibility index (Phi) is 5.34. The molecule has 0 unspecified atom stereocenters. The fourth-order valence-electron chi connectivity index (χ4n) is 1.66. The molecule has 1 aromatic carbocycles. The zero-order valence-electron chi connectivity index (χ0n) is 10.5. The molecule has 2 N–H and O–H groups in total. The summed E-state index contributed by atoms with van der Waals surface area (Å²) in [5, 5.41) is 10.7. The predicted molar refractivity (Wildman–Crippen MR) is 83.3 cm³/mol. The van der Waals surface area contributed by atoms with Crippen LogP contribution in [0, 0.1) is 0 Å². The second kappa shape index (κ2) is 6.82. The lowest BCUT2D eigenvalue weighted by Crippen LogP contribution is -2.22. The smallest absolute Gasteiger partial charge is 0.240 e. The molecule has 2 rings (SSSR count). The van der Waals surface area contributed by atoms with Crippen molar-refractivity contribution in [3.05, 3.63) is 50.6 Å². The van der Waals surface area contributed by atoms with E-state index in [9.17, 15) is 8.42 Å². The molecule has 0 bridgehead atoms. The molecule has 4 nitrogen and oxygen atoms in total. The zero-order valence-corrected chi connectivity index (χ0v) is 13.8. The highest BCUT2D eigenvalue weighted by Gasteiger charge is 2.14. The first-order valence-corrected chi connectivity index (χ1v) is 9.10. The van der Waals surface area contributed by atoms with Gasteiger partial charge in [-0.25, -0.2) is 13.1 Å². The average Bonchev–Trinajstić information content (AvgIpc) is 2.83. The topological polar surface area (TPSA) is 66.4 Å². The van der Waals surface area contributed by atoms with Crippen LogP contribution in [0.15, 0.2) is 45.1 Å². The first-order chi connectivity index (χ1) is 9.53. The minimum atomic E-state index is -3.51. The Bertz CT molecular complexity index is 665. The highest BCUT2D eigenvalue weighted by atomic mass is 79.9. The third-order valence-corrected chi connectivity index (χ3v) is 6.09. The quantitative estimate of drug-likeness (QED) is 0.814. The van der Waals surface area contributed by atoms with E-state index in [1.165, 1.54) is 11.3 Å². The second-order valence-corrected chi connectivity index (χ2v) is 7.76. The van der Waals surface area contributed by atoms with Crippen LogP contribution in [0.3, 0.4) is 0 Å². The summed E-state index contributed by atoms with van der Waals surface area (Å²) in [6.45, 7) is 0.315. The normalized spacial score (nSPS) is 11.7. The maximum atomic E-state index is 12.1. The number of benzene rings is 1. The van der Waals surface area contributed by atoms with Gasteiger partial charge in [0, 0.05) is 22.5 Å². The van der Waals surface area contributed by atoms with Crippen LogP contribution in [0.25, 0.3) is 0 Å². The van der Waals surface area contributed by atoms with Crippen LogP contribution in [-0.2, 0) is 23.0 Å². The second-order valence-electron chi connectivity index (χ2n) is 4.13. The van der Waals surface area contributed by atoms with Gasteiger partial charge in [0.15, 0.2) is 0 Å². The predicted octanol–water partition coefficient (Wildman–Crippen LogP) is 2.52. The van der Waals surface area contributed by atoms with E-state index in [0.717, 1.165) is 14.9 Å². The molecule has 108 valence electrons. The largest absolute Gasteiger partial charge is 0.396 e. The summed E-state index contributed by atoms with van der Waals surface area (Å²) in [5.74, 6) is 0. The summed E-state index contributed by atoms with van der Waals surface area (Å²) >= 11 is 4.86. The monoisotopic (exact) mass is 375 g/mol. The highest BCUT2D eigenvalue weighted by molar-refractivity contribution is 9.10. The van der Waals surface area contributed by atoms with E-state index in [-0.39, 0.29) is 18.0 Å². The summed E-state index contributed by atoms with van der Waals surface area (Å²) in [6, 6.07) is 8.42. The summed E-state index contributed by atoms with van der Waals surface area (Å²) in [4.78, 5) is 1.16. The highest BCUT2D eigenvalue weighted by Crippen LogP contribution is 2.23. The van der Waals surface area contributed by atoms with Gasteiger partial charge in [-0.05, 0) is 51.5 Å². The molecular formula is C13H14BrNO3S2. The number of halogens is 1. The molecule has 0 radical (unpaired) electrons. The Morgan fingerprint density at radius 1 is 1.20 bits per heavy atom. The van der Waals surface area contributed by atoms with Crippen LogP contribution in [0.4, 0.5) is 0 Å². The standard InChI is InChI=1S/C13H14BrNO3S2/c14-12-6-8-19-13(12)9-15-20(17,18)11-3-1-10(2-4-11)5-7-16/h1-4,6,8,15-16H,5,7,9H2. The molecule has 1 heterocycles. The van der Waals surface area contributed by atoms with Gasteiger partial charge >= 0.3 is 0 Å². The minimum absolute atomic E-state index is 0.0523. The third kappa shape index (κ3) is 3.89. The minimum Gasteiger partial charge on any atom is -0.396 e. The SMILES string of the molecule is O=S(=O)(NCc1sccc1Br)c1ccc(CCO)cc1. The number of hydrogen-bond donors (Lipinski definition) is 2. The van der Waals surface area contributed by atoms with E-state index < -0.39 is 10.0 Å². The van der Waals surface area contributed by atoms with E-state index in [1.807, 2.05) is 11.4 Å². The number of aliphatic hydroxyl groups is 1. The number of rotatable bonds is 6. The molecule has 20 heavy (non-hydrogen) atoms. The van der Waals surface area contributed by atoms with E-state index >= 15 is 0 Å². The van der Waals surface area contributed by atoms with E-state index in [1.54, 1.807) is 24.3 Å². The number of thiophene rings is 1. The van der Waals surface area contributed by atoms with Crippen molar-refractivity contribution in [2.45, 2.75) is 17.9 Å². The van der Waals surface area contributed by atoms with Gasteiger partial charge in [0.05, 0.1) is 4.90 Å². The molecule has 0 aliphatic heterocycles. The van der Waals surface area contributed by atoms with Crippen molar-refractivity contribution in [3.63, 3.8) is 0 Å². The van der Waals surface area contributed by atoms with Crippen molar-refractivity contribution in [1.82, 2.24) is 4.72 Å². The van der Waals surface area contributed by atoms with Crippen molar-refractivity contribution < 1.29 is 13.5 Å². The number of hydrogen-bond acceptors (Lipinski definition) is 4. The number of aliphatic hydroxyl groups excluding tert-OH is 1. The van der Waals surface area contributed by atoms with Crippen LogP contribution in [0.1, 0.15) is 10.4 Å². The lowest BCUT2D eigenvalue weighted by atomic mass is 10.2. The van der Waals surface area contributed by atoms with Crippen molar-refractivity contribution in [1.29, 1.82) is 0 Å². The van der Waals surface area contributed by atoms with Crippen LogP contribution < -0.4 is 4.72 Å². The van der Waals surface area contributed by atoms with Gasteiger partial charge in [-0.2, -0.15) is 0 Å². The summed E-state index contributed by atoms with van der Waals surface area (Å²) in [7, 11) is -3.51. The summed E-state index contributed by atoms with van der Waals surface area (Å²) in [6.07, 6.45) is 0.524. The first-order valence-electron chi connectivity index (χ1n) is 5.94. The third-order valence-electron chi connectivity index (χ3n) is 2.75. The molecule has 2 aromatic rings. The van der Waals surface area contributed by atoms with Crippen LogP contribution >= 0.6 is 27.3 Å². The summed E-state index contributed by atoms with van der Waals surface area (Å²) < 4.78 is 27.8. The van der Waals surface area contributed by atoms with Gasteiger partial charge in [0.25, 0.3) is 0 Å². The van der Waals surface area contributed by atoms with Gasteiger partial charge in [-0.1, -0.05) is 12.1 Å². The maximum absolute atomic E-state index is 12.1. The Morgan fingerprint density at radius 3 is 2.45 bits per heavy atom. The lowest BCUT2D eigenvalue weighted by molar-refractivity contribution is 0.299. The van der Waals surface area contributed by atoms with Gasteiger partial charge in [0.2, 0.25) is 10.0 Å². The van der Waals surface area contributed by atoms with E-state index in [4.69, 9.17) is 5.11 Å². The maximum Gasteiger partial charge on any atom is 0.240 e. The molecular weight excluding hydrogens is 362 g/mol. The van der Waals surface area contributed by atoms with Crippen molar-refractivity contribution in [3.8, 4) is 0 Å². The fraction of sp³-hybridized carbons (Fsp3) is 0.231. The van der Waals surface area contributed by atoms with Gasteiger partial charge in [-0.15, -0.1) is 11.3 Å². The molecule has 0 aliphatic rings. The molecule has 0 aliphatic carbocycles. The Morgan fingerprint density at radius 2 is 1.90 bits per heavy atom. The molecule has 0 saturated heterocycles. The summed E-state index contributed by atoms with van der Waals surface area (Å²) in [5.41, 5.74) is 0.910. The number of nitrogens with one attached hydrogen (secondary N) is 1. The molecule has 1 aromatic heterocycles. The van der Waals surface area contributed by atoms with E-state index in [0.29, 0.717) is 6.42 Å². The van der Waals surface area contributed by atoms with Crippen LogP contribution in [-0.4, -0.2) is 20.1 Å². The molecule has 0 saturated carbocycles. The van der Waals surface area contributed by atoms with Gasteiger partial charge in [0.1, 0.15) is 0 Å². The Balaban J connectivity index is 2.08. The molecule has 0 spiro atoms. The van der Waals surface area contributed by atoms with Crippen molar-refractivity contribution in [2.75, 3.05) is 6.61 Å². The van der Waals surface area contributed by atoms with Gasteiger partial charge < -0.3 is 5.11 Å². The number of sulfonamides is 1. The van der Waals surface area contributed by atoms with Crippen LogP contribution in [0.5, 0.6) is 0 Å². The Labute approximate surface area is 130 Å². The van der Waals surface area contributed by atoms with E-state index in [2.05, 4.69) is 20.7 Å². The Hall–Kier alpha value is -0.730. The molecule has 7 heteroatoms. The van der Waals surface area contributed by atoms with Gasteiger partial charge in [-0.3, -0.25) is 0 Å². The van der Waals surface area contributed by atoms with Crippen molar-refractivity contribution in [2.24, 2.45) is 0 Å². The average molecular weight is 376 g/mol. The fourth-order valence-corrected chi connectivity index (χ4v) is 4.18. The first kappa shape index (κ1) is 15.7. The lowest BCUT2D eigenvalue weighted by Gasteiger charge is -2.07. The van der Waals surface area contributed by atoms with Crippen molar-refractivity contribution >= 4 is 37.3 Å². The molecule has 0 fully saturated rings. The molecule has 0 amide bonds. The zero-order chi connectivity index (χ0) is 14.6.